The van der Waals surface area contributed by atoms with Crippen LogP contribution >= 0.6 is 11.6 Å². The summed E-state index contributed by atoms with van der Waals surface area (Å²) in [4.78, 5) is 16.5. The van der Waals surface area contributed by atoms with Crippen LogP contribution in [-0.2, 0) is 4.74 Å². The van der Waals surface area contributed by atoms with Gasteiger partial charge in [-0.25, -0.2) is 4.79 Å². The Kier molecular flexibility index (Phi) is 4.45. The molecule has 1 heterocycles. The zero-order chi connectivity index (χ0) is 15.7. The van der Waals surface area contributed by atoms with Gasteiger partial charge in [0.2, 0.25) is 0 Å². The highest BCUT2D eigenvalue weighted by Gasteiger charge is 2.39. The average molecular weight is 324 g/mol. The number of nitrogens with one attached hydrogen (secondary N) is 1. The van der Waals surface area contributed by atoms with E-state index in [1.807, 2.05) is 42.1 Å². The number of hydrogen-bond acceptors (Lipinski definition) is 3. The summed E-state index contributed by atoms with van der Waals surface area (Å²) in [5.41, 5.74) is 1.57. The number of para-hydroxylation sites is 1. The van der Waals surface area contributed by atoms with Gasteiger partial charge in [-0.1, -0.05) is 17.7 Å². The van der Waals surface area contributed by atoms with Crippen molar-refractivity contribution in [1.82, 2.24) is 4.90 Å². The van der Waals surface area contributed by atoms with Crippen molar-refractivity contribution >= 4 is 29.0 Å². The minimum absolute atomic E-state index is 0.0643. The van der Waals surface area contributed by atoms with Crippen LogP contribution in [0.25, 0.3) is 0 Å². The molecule has 2 aliphatic rings. The maximum atomic E-state index is 12.7. The summed E-state index contributed by atoms with van der Waals surface area (Å²) >= 11 is 6.26. The lowest BCUT2D eigenvalue weighted by Gasteiger charge is -2.36. The number of anilines is 2. The number of benzene rings is 1. The number of halogens is 1. The molecule has 0 radical (unpaired) electrons. The van der Waals surface area contributed by atoms with Crippen LogP contribution in [0.5, 0.6) is 0 Å². The van der Waals surface area contributed by atoms with Gasteiger partial charge >= 0.3 is 6.03 Å². The first-order chi connectivity index (χ1) is 10.6. The van der Waals surface area contributed by atoms with Gasteiger partial charge in [0.05, 0.1) is 35.7 Å². The van der Waals surface area contributed by atoms with E-state index >= 15 is 0 Å². The number of morpholine rings is 1. The minimum atomic E-state index is -0.0643. The normalized spacial score (nSPS) is 21.6. The van der Waals surface area contributed by atoms with E-state index in [0.717, 1.165) is 11.4 Å². The number of carbonyl (C=O) groups excluding carboxylic acids is 1. The molecular weight excluding hydrogens is 302 g/mol. The second kappa shape index (κ2) is 6.34. The first-order valence-corrected chi connectivity index (χ1v) is 8.07. The molecule has 1 aromatic rings. The number of amides is 2. The topological polar surface area (TPSA) is 44.8 Å². The standard InChI is InChI=1S/C16H22ClN3O2/c1-19(2)15-12(17)4-3-5-13(15)18-16(21)20-8-9-22-10-14(20)11-6-7-11/h3-5,11,14H,6-10H2,1-2H3,(H,18,21). The van der Waals surface area contributed by atoms with Crippen molar-refractivity contribution in [2.24, 2.45) is 5.92 Å². The maximum Gasteiger partial charge on any atom is 0.322 e. The summed E-state index contributed by atoms with van der Waals surface area (Å²) in [5, 5.41) is 3.65. The van der Waals surface area contributed by atoms with E-state index < -0.39 is 0 Å². The Morgan fingerprint density at radius 1 is 1.41 bits per heavy atom. The van der Waals surface area contributed by atoms with Crippen LogP contribution in [0.1, 0.15) is 12.8 Å². The Hall–Kier alpha value is -1.46. The third-order valence-electron chi connectivity index (χ3n) is 4.27. The highest BCUT2D eigenvalue weighted by molar-refractivity contribution is 6.34. The van der Waals surface area contributed by atoms with Crippen LogP contribution in [0, 0.1) is 5.92 Å². The molecular formula is C16H22ClN3O2. The van der Waals surface area contributed by atoms with Crippen molar-refractivity contribution in [1.29, 1.82) is 0 Å². The van der Waals surface area contributed by atoms with Gasteiger partial charge in [0, 0.05) is 20.6 Å². The fraction of sp³-hybridized carbons (Fsp3) is 0.562. The zero-order valence-corrected chi connectivity index (χ0v) is 13.8. The van der Waals surface area contributed by atoms with Crippen LogP contribution in [-0.4, -0.2) is 50.8 Å². The number of urea groups is 1. The second-order valence-corrected chi connectivity index (χ2v) is 6.54. The van der Waals surface area contributed by atoms with E-state index in [0.29, 0.717) is 30.7 Å². The van der Waals surface area contributed by atoms with E-state index in [2.05, 4.69) is 5.32 Å². The summed E-state index contributed by atoms with van der Waals surface area (Å²) in [6, 6.07) is 5.70. The van der Waals surface area contributed by atoms with Crippen molar-refractivity contribution in [3.8, 4) is 0 Å². The van der Waals surface area contributed by atoms with E-state index in [1.165, 1.54) is 12.8 Å². The fourth-order valence-corrected chi connectivity index (χ4v) is 3.35. The van der Waals surface area contributed by atoms with Crippen molar-refractivity contribution in [3.05, 3.63) is 23.2 Å². The lowest BCUT2D eigenvalue weighted by Crippen LogP contribution is -2.51. The molecule has 1 saturated heterocycles. The molecule has 120 valence electrons. The molecule has 1 atom stereocenters. The predicted octanol–water partition coefficient (Wildman–Crippen LogP) is 3.05. The van der Waals surface area contributed by atoms with Crippen molar-refractivity contribution in [2.75, 3.05) is 44.1 Å². The highest BCUT2D eigenvalue weighted by atomic mass is 35.5. The number of nitrogens with zero attached hydrogens (tertiary/aromatic N) is 2. The first-order valence-electron chi connectivity index (χ1n) is 7.69. The van der Waals surface area contributed by atoms with Gasteiger partial charge in [-0.15, -0.1) is 0 Å². The zero-order valence-electron chi connectivity index (χ0n) is 13.0. The molecule has 0 aromatic heterocycles. The van der Waals surface area contributed by atoms with Gasteiger partial charge in [-0.3, -0.25) is 0 Å². The minimum Gasteiger partial charge on any atom is -0.377 e. The first kappa shape index (κ1) is 15.4. The van der Waals surface area contributed by atoms with Gasteiger partial charge in [0.15, 0.2) is 0 Å². The van der Waals surface area contributed by atoms with Gasteiger partial charge in [0.25, 0.3) is 0 Å². The molecule has 1 saturated carbocycles. The van der Waals surface area contributed by atoms with Gasteiger partial charge in [-0.2, -0.15) is 0 Å². The van der Waals surface area contributed by atoms with Crippen molar-refractivity contribution in [3.63, 3.8) is 0 Å². The van der Waals surface area contributed by atoms with Crippen molar-refractivity contribution < 1.29 is 9.53 Å². The van der Waals surface area contributed by atoms with Crippen LogP contribution < -0.4 is 10.2 Å². The quantitative estimate of drug-likeness (QED) is 0.930. The molecule has 1 aliphatic carbocycles. The Morgan fingerprint density at radius 2 is 2.18 bits per heavy atom. The number of rotatable bonds is 3. The predicted molar refractivity (Wildman–Crippen MR) is 88.8 cm³/mol. The third kappa shape index (κ3) is 3.15. The molecule has 6 heteroatoms. The summed E-state index contributed by atoms with van der Waals surface area (Å²) in [6.45, 7) is 1.89. The summed E-state index contributed by atoms with van der Waals surface area (Å²) < 4.78 is 5.54. The molecule has 2 fully saturated rings. The van der Waals surface area contributed by atoms with Crippen LogP contribution in [0.2, 0.25) is 5.02 Å². The smallest absolute Gasteiger partial charge is 0.322 e. The Morgan fingerprint density at radius 3 is 2.86 bits per heavy atom. The average Bonchev–Trinajstić information content (AvgIpc) is 3.31. The molecule has 22 heavy (non-hydrogen) atoms. The molecule has 0 spiro atoms. The van der Waals surface area contributed by atoms with Gasteiger partial charge in [-0.05, 0) is 30.9 Å². The lowest BCUT2D eigenvalue weighted by molar-refractivity contribution is 0.00773. The molecule has 1 aliphatic heterocycles. The van der Waals surface area contributed by atoms with Crippen LogP contribution in [0.15, 0.2) is 18.2 Å². The van der Waals surface area contributed by atoms with Crippen LogP contribution in [0.3, 0.4) is 0 Å². The number of ether oxygens (including phenoxy) is 1. The Labute approximate surface area is 136 Å². The molecule has 0 bridgehead atoms. The monoisotopic (exact) mass is 323 g/mol. The van der Waals surface area contributed by atoms with Crippen molar-refractivity contribution in [2.45, 2.75) is 18.9 Å². The summed E-state index contributed by atoms with van der Waals surface area (Å²) in [6.07, 6.45) is 2.38. The summed E-state index contributed by atoms with van der Waals surface area (Å²) in [5.74, 6) is 0.596. The number of carbonyl (C=O) groups is 1. The maximum absolute atomic E-state index is 12.7. The molecule has 1 unspecified atom stereocenters. The Balaban J connectivity index is 1.77. The van der Waals surface area contributed by atoms with Gasteiger partial charge in [0.1, 0.15) is 0 Å². The number of hydrogen-bond donors (Lipinski definition) is 1. The molecule has 2 amide bonds. The highest BCUT2D eigenvalue weighted by Crippen LogP contribution is 2.37. The molecule has 1 aromatic carbocycles. The molecule has 1 N–H and O–H groups in total. The van der Waals surface area contributed by atoms with E-state index in [1.54, 1.807) is 0 Å². The SMILES string of the molecule is CN(C)c1c(Cl)cccc1NC(=O)N1CCOCC1C1CC1. The summed E-state index contributed by atoms with van der Waals surface area (Å²) in [7, 11) is 3.83. The lowest BCUT2D eigenvalue weighted by atomic mass is 10.1. The molecule has 5 nitrogen and oxygen atoms in total. The fourth-order valence-electron chi connectivity index (χ4n) is 3.00. The second-order valence-electron chi connectivity index (χ2n) is 6.13. The van der Waals surface area contributed by atoms with Gasteiger partial charge < -0.3 is 19.9 Å². The molecule has 3 rings (SSSR count). The Bertz CT molecular complexity index is 560. The van der Waals surface area contributed by atoms with E-state index in [-0.39, 0.29) is 12.1 Å². The van der Waals surface area contributed by atoms with E-state index in [9.17, 15) is 4.79 Å². The van der Waals surface area contributed by atoms with E-state index in [4.69, 9.17) is 16.3 Å². The largest absolute Gasteiger partial charge is 0.377 e. The third-order valence-corrected chi connectivity index (χ3v) is 4.57. The van der Waals surface area contributed by atoms with Crippen LogP contribution in [0.4, 0.5) is 16.2 Å².